The predicted molar refractivity (Wildman–Crippen MR) is 101 cm³/mol. The molecule has 0 saturated carbocycles. The van der Waals surface area contributed by atoms with E-state index in [9.17, 15) is 0 Å². The van der Waals surface area contributed by atoms with Gasteiger partial charge in [-0.3, -0.25) is 0 Å². The first-order chi connectivity index (χ1) is 10.8. The molecule has 0 radical (unpaired) electrons. The number of thiophene rings is 3. The molecule has 0 atom stereocenters. The summed E-state index contributed by atoms with van der Waals surface area (Å²) in [5.74, 6) is 0. The van der Waals surface area contributed by atoms with Gasteiger partial charge in [0.25, 0.3) is 0 Å². The van der Waals surface area contributed by atoms with E-state index in [1.807, 2.05) is 6.07 Å². The highest BCUT2D eigenvalue weighted by Gasteiger charge is 2.18. The Morgan fingerprint density at radius 1 is 0.591 bits per heavy atom. The molecule has 0 bridgehead atoms. The van der Waals surface area contributed by atoms with E-state index in [1.165, 1.54) is 25.8 Å². The van der Waals surface area contributed by atoms with Crippen molar-refractivity contribution in [3.05, 3.63) is 64.7 Å². The molecule has 0 aliphatic heterocycles. The third kappa shape index (κ3) is 2.29. The first kappa shape index (κ1) is 13.8. The second-order valence-electron chi connectivity index (χ2n) is 4.88. The van der Waals surface area contributed by atoms with Crippen molar-refractivity contribution in [1.29, 1.82) is 0 Å². The SMILES string of the molecule is Nc1ccc(-c2cccs2)c(-c2cccs2)c1-c1cccs1. The standard InChI is InChI=1S/C18H13NS3/c19-13-8-7-12(14-4-1-9-20-14)17(15-5-2-10-21-15)18(13)16-6-3-11-22-16/h1-11H,19H2. The van der Waals surface area contributed by atoms with Crippen molar-refractivity contribution in [2.45, 2.75) is 0 Å². The average Bonchev–Trinajstić information content (AvgIpc) is 3.28. The maximum atomic E-state index is 6.36. The Labute approximate surface area is 141 Å². The largest absolute Gasteiger partial charge is 0.398 e. The lowest BCUT2D eigenvalue weighted by molar-refractivity contribution is 1.66. The molecule has 0 fully saturated rings. The van der Waals surface area contributed by atoms with Crippen LogP contribution in [0.4, 0.5) is 5.69 Å². The molecule has 3 aromatic heterocycles. The molecule has 0 aliphatic rings. The van der Waals surface area contributed by atoms with E-state index in [2.05, 4.69) is 58.6 Å². The lowest BCUT2D eigenvalue weighted by Gasteiger charge is -2.15. The van der Waals surface area contributed by atoms with Gasteiger partial charge >= 0.3 is 0 Å². The van der Waals surface area contributed by atoms with Gasteiger partial charge in [-0.25, -0.2) is 0 Å². The van der Waals surface area contributed by atoms with Gasteiger partial charge in [-0.1, -0.05) is 24.3 Å². The minimum absolute atomic E-state index is 0.839. The van der Waals surface area contributed by atoms with Gasteiger partial charge in [-0.15, -0.1) is 34.0 Å². The van der Waals surface area contributed by atoms with Crippen molar-refractivity contribution in [3.63, 3.8) is 0 Å². The van der Waals surface area contributed by atoms with Crippen LogP contribution in [0.5, 0.6) is 0 Å². The summed E-state index contributed by atoms with van der Waals surface area (Å²) in [6, 6.07) is 16.9. The Bertz CT molecular complexity index is 873. The van der Waals surface area contributed by atoms with Crippen LogP contribution in [0.15, 0.2) is 64.7 Å². The molecule has 3 heterocycles. The first-order valence-electron chi connectivity index (χ1n) is 6.88. The Balaban J connectivity index is 2.08. The maximum Gasteiger partial charge on any atom is 0.0409 e. The highest BCUT2D eigenvalue weighted by atomic mass is 32.1. The number of anilines is 1. The summed E-state index contributed by atoms with van der Waals surface area (Å²) in [5, 5.41) is 6.34. The van der Waals surface area contributed by atoms with Crippen molar-refractivity contribution >= 4 is 39.7 Å². The number of benzene rings is 1. The molecule has 22 heavy (non-hydrogen) atoms. The summed E-state index contributed by atoms with van der Waals surface area (Å²) in [7, 11) is 0. The van der Waals surface area contributed by atoms with Crippen LogP contribution in [0.25, 0.3) is 31.3 Å². The first-order valence-corrected chi connectivity index (χ1v) is 9.52. The van der Waals surface area contributed by atoms with Crippen molar-refractivity contribution in [1.82, 2.24) is 0 Å². The topological polar surface area (TPSA) is 26.0 Å². The van der Waals surface area contributed by atoms with Crippen LogP contribution < -0.4 is 5.73 Å². The molecule has 0 amide bonds. The Morgan fingerprint density at radius 3 is 1.68 bits per heavy atom. The molecule has 1 aromatic carbocycles. The van der Waals surface area contributed by atoms with Gasteiger partial charge in [0.1, 0.15) is 0 Å². The van der Waals surface area contributed by atoms with Crippen LogP contribution in [0, 0.1) is 0 Å². The van der Waals surface area contributed by atoms with Crippen LogP contribution in [-0.4, -0.2) is 0 Å². The van der Waals surface area contributed by atoms with E-state index in [-0.39, 0.29) is 0 Å². The summed E-state index contributed by atoms with van der Waals surface area (Å²) < 4.78 is 0. The second-order valence-corrected chi connectivity index (χ2v) is 7.73. The van der Waals surface area contributed by atoms with Gasteiger partial charge in [0.15, 0.2) is 0 Å². The van der Waals surface area contributed by atoms with Crippen molar-refractivity contribution in [3.8, 4) is 31.3 Å². The van der Waals surface area contributed by atoms with Gasteiger partial charge in [-0.2, -0.15) is 0 Å². The number of hydrogen-bond donors (Lipinski definition) is 1. The number of rotatable bonds is 3. The molecule has 108 valence electrons. The molecule has 0 spiro atoms. The van der Waals surface area contributed by atoms with E-state index in [1.54, 1.807) is 34.0 Å². The normalized spacial score (nSPS) is 10.9. The number of nitrogens with two attached hydrogens (primary N) is 1. The fraction of sp³-hybridized carbons (Fsp3) is 0. The fourth-order valence-electron chi connectivity index (χ4n) is 2.62. The molecule has 4 aromatic rings. The monoisotopic (exact) mass is 339 g/mol. The molecule has 2 N–H and O–H groups in total. The average molecular weight is 340 g/mol. The third-order valence-corrected chi connectivity index (χ3v) is 6.24. The minimum Gasteiger partial charge on any atom is -0.398 e. The third-order valence-electron chi connectivity index (χ3n) is 3.56. The van der Waals surface area contributed by atoms with Gasteiger partial charge in [-0.05, 0) is 40.4 Å². The number of nitrogen functional groups attached to an aromatic ring is 1. The zero-order valence-corrected chi connectivity index (χ0v) is 14.1. The van der Waals surface area contributed by atoms with Crippen LogP contribution >= 0.6 is 34.0 Å². The van der Waals surface area contributed by atoms with Crippen molar-refractivity contribution < 1.29 is 0 Å². The second kappa shape index (κ2) is 5.72. The molecule has 0 aliphatic carbocycles. The Morgan fingerprint density at radius 2 is 1.14 bits per heavy atom. The van der Waals surface area contributed by atoms with Crippen LogP contribution in [0.1, 0.15) is 0 Å². The summed E-state index contributed by atoms with van der Waals surface area (Å²) in [6.45, 7) is 0. The van der Waals surface area contributed by atoms with E-state index < -0.39 is 0 Å². The van der Waals surface area contributed by atoms with E-state index in [0.29, 0.717) is 0 Å². The molecular weight excluding hydrogens is 326 g/mol. The summed E-state index contributed by atoms with van der Waals surface area (Å²) in [6.07, 6.45) is 0. The van der Waals surface area contributed by atoms with Crippen LogP contribution in [0.2, 0.25) is 0 Å². The molecule has 4 heteroatoms. The van der Waals surface area contributed by atoms with Gasteiger partial charge < -0.3 is 5.73 Å². The van der Waals surface area contributed by atoms with Crippen LogP contribution in [0.3, 0.4) is 0 Å². The predicted octanol–water partition coefficient (Wildman–Crippen LogP) is 6.45. The van der Waals surface area contributed by atoms with Crippen molar-refractivity contribution in [2.75, 3.05) is 5.73 Å². The lowest BCUT2D eigenvalue weighted by atomic mass is 9.95. The zero-order valence-electron chi connectivity index (χ0n) is 11.7. The molecule has 0 saturated heterocycles. The van der Waals surface area contributed by atoms with E-state index in [4.69, 9.17) is 5.73 Å². The molecule has 1 nitrogen and oxygen atoms in total. The highest BCUT2D eigenvalue weighted by Crippen LogP contribution is 2.46. The summed E-state index contributed by atoms with van der Waals surface area (Å²) in [4.78, 5) is 3.76. The zero-order chi connectivity index (χ0) is 14.9. The van der Waals surface area contributed by atoms with E-state index in [0.717, 1.165) is 11.3 Å². The smallest absolute Gasteiger partial charge is 0.0409 e. The fourth-order valence-corrected chi connectivity index (χ4v) is 4.97. The van der Waals surface area contributed by atoms with Gasteiger partial charge in [0, 0.05) is 37.0 Å². The van der Waals surface area contributed by atoms with Crippen LogP contribution in [-0.2, 0) is 0 Å². The number of hydrogen-bond acceptors (Lipinski definition) is 4. The van der Waals surface area contributed by atoms with E-state index >= 15 is 0 Å². The van der Waals surface area contributed by atoms with Crippen molar-refractivity contribution in [2.24, 2.45) is 0 Å². The highest BCUT2D eigenvalue weighted by molar-refractivity contribution is 7.15. The minimum atomic E-state index is 0.839. The molecule has 4 rings (SSSR count). The Kier molecular flexibility index (Phi) is 3.58. The van der Waals surface area contributed by atoms with Gasteiger partial charge in [0.05, 0.1) is 0 Å². The quantitative estimate of drug-likeness (QED) is 0.426. The summed E-state index contributed by atoms with van der Waals surface area (Å²) in [5.41, 5.74) is 10.9. The molecular formula is C18H13NS3. The molecule has 0 unspecified atom stereocenters. The lowest BCUT2D eigenvalue weighted by Crippen LogP contribution is -1.93. The summed E-state index contributed by atoms with van der Waals surface area (Å²) >= 11 is 5.26. The van der Waals surface area contributed by atoms with Gasteiger partial charge in [0.2, 0.25) is 0 Å². The Hall–Kier alpha value is -1.88. The maximum absolute atomic E-state index is 6.36.